The predicted octanol–water partition coefficient (Wildman–Crippen LogP) is 16.0. The number of nitrogens with one attached hydrogen (secondary N) is 1. The van der Waals surface area contributed by atoms with Crippen molar-refractivity contribution in [2.45, 2.75) is 452 Å². The minimum atomic E-state index is -1.98. The topological polar surface area (TPSA) is 307 Å². The van der Waals surface area contributed by atoms with E-state index >= 15 is 0 Å². The normalized spacial score (nSPS) is 25.9. The van der Waals surface area contributed by atoms with E-state index in [1.807, 2.05) is 0 Å². The average Bonchev–Trinajstić information content (AvgIpc) is 0.781. The lowest BCUT2D eigenvalue weighted by Crippen LogP contribution is -2.66. The van der Waals surface area contributed by atoms with Gasteiger partial charge < -0.3 is 89.9 Å². The second-order valence-corrected chi connectivity index (χ2v) is 31.0. The lowest BCUT2D eigenvalue weighted by atomic mass is 9.96. The predicted molar refractivity (Wildman–Crippen MR) is 429 cm³/mol. The summed E-state index contributed by atoms with van der Waals surface area (Å²) in [6.07, 6.45) is 62.8. The standard InChI is InChI=1S/C88H159NO18/c1-3-5-7-9-11-13-15-17-19-21-23-25-27-29-31-33-34-35-36-38-39-41-43-45-47-49-51-53-55-57-59-61-63-65-72(93)71(89-76(94)66-64-62-60-58-56-54-52-50-48-46-44-42-40-37-32-30-28-26-24-22-20-18-16-14-12-10-8-6-4-2)70-102-86-82(100)79(97)84(74(68-91)104-86)107-88-83(101)80(98)85(75(69-92)105-88)106-87-81(99)78(96)77(95)73(67-90)103-87/h6,8,12,14,18,20,24,26,30,32,40,42,71-75,77-88,90-93,95-101H,3-5,7,9-11,13,15-17,19,21-23,25,27-29,31,33-39,41,43-70H2,1-2H3,(H,89,94)/b8-6-,14-12-,20-18-,26-24-,32-30-,42-40-. The molecule has 107 heavy (non-hydrogen) atoms. The number of aliphatic hydroxyl groups is 11. The van der Waals surface area contributed by atoms with Gasteiger partial charge in [0.25, 0.3) is 0 Å². The van der Waals surface area contributed by atoms with Crippen LogP contribution in [0.4, 0.5) is 0 Å². The van der Waals surface area contributed by atoms with Crippen molar-refractivity contribution in [1.82, 2.24) is 5.32 Å². The van der Waals surface area contributed by atoms with Gasteiger partial charge in [-0.25, -0.2) is 0 Å². The van der Waals surface area contributed by atoms with Crippen molar-refractivity contribution in [3.63, 3.8) is 0 Å². The molecule has 17 unspecified atom stereocenters. The van der Waals surface area contributed by atoms with Crippen LogP contribution in [0.15, 0.2) is 72.9 Å². The molecule has 3 saturated heterocycles. The Balaban J connectivity index is 1.34. The highest BCUT2D eigenvalue weighted by atomic mass is 16.8. The van der Waals surface area contributed by atoms with E-state index in [9.17, 15) is 61.0 Å². The summed E-state index contributed by atoms with van der Waals surface area (Å²) in [6, 6.07) is -0.897. The SMILES string of the molecule is CC/C=C\C/C=C\C/C=C\C/C=C\C/C=C\C/C=C\CCCCCCCCCCCCC(=O)NC(COC1OC(CO)C(OC2OC(CO)C(OC3OC(CO)C(O)C(O)C3O)C(O)C2O)C(O)C1O)C(O)CCCCCCCCCCCCCCCCCCCCCCCCCCCCCCCCCCC. The van der Waals surface area contributed by atoms with E-state index < -0.39 is 124 Å². The van der Waals surface area contributed by atoms with E-state index in [4.69, 9.17) is 28.4 Å². The van der Waals surface area contributed by atoms with Gasteiger partial charge in [-0.1, -0.05) is 350 Å². The molecule has 1 amide bonds. The van der Waals surface area contributed by atoms with E-state index in [-0.39, 0.29) is 18.9 Å². The summed E-state index contributed by atoms with van der Waals surface area (Å²) in [5, 5.41) is 121. The van der Waals surface area contributed by atoms with E-state index in [1.165, 1.54) is 218 Å². The summed E-state index contributed by atoms with van der Waals surface area (Å²) in [5.74, 6) is -0.245. The molecule has 0 aliphatic carbocycles. The molecular weight excluding hydrogens is 1360 g/mol. The highest BCUT2D eigenvalue weighted by molar-refractivity contribution is 5.76. The maximum atomic E-state index is 13.5. The first-order valence-corrected chi connectivity index (χ1v) is 43.7. The Morgan fingerprint density at radius 3 is 1.01 bits per heavy atom. The van der Waals surface area contributed by atoms with E-state index in [2.05, 4.69) is 92.1 Å². The zero-order valence-electron chi connectivity index (χ0n) is 67.1. The number of unbranched alkanes of at least 4 members (excludes halogenated alkanes) is 42. The fourth-order valence-corrected chi connectivity index (χ4v) is 14.6. The number of carbonyl (C=O) groups excluding carboxylic acids is 1. The first-order chi connectivity index (χ1) is 52.3. The second-order valence-electron chi connectivity index (χ2n) is 31.0. The number of hydrogen-bond acceptors (Lipinski definition) is 18. The number of allylic oxidation sites excluding steroid dienone is 12. The molecule has 0 radical (unpaired) electrons. The van der Waals surface area contributed by atoms with E-state index in [1.54, 1.807) is 0 Å². The minimum Gasteiger partial charge on any atom is -0.394 e. The fraction of sp³-hybridized carbons (Fsp3) is 0.852. The van der Waals surface area contributed by atoms with Crippen LogP contribution >= 0.6 is 0 Å². The zero-order valence-corrected chi connectivity index (χ0v) is 67.1. The van der Waals surface area contributed by atoms with Gasteiger partial charge in [-0.3, -0.25) is 4.79 Å². The number of ether oxygens (including phenoxy) is 6. The van der Waals surface area contributed by atoms with Crippen LogP contribution in [0.3, 0.4) is 0 Å². The quantitative estimate of drug-likeness (QED) is 0.0199. The highest BCUT2D eigenvalue weighted by Crippen LogP contribution is 2.34. The Labute approximate surface area is 648 Å². The van der Waals surface area contributed by atoms with E-state index in [0.717, 1.165) is 96.3 Å². The third-order valence-electron chi connectivity index (χ3n) is 21.5. The van der Waals surface area contributed by atoms with Gasteiger partial charge in [0.05, 0.1) is 38.6 Å². The Morgan fingerprint density at radius 2 is 0.645 bits per heavy atom. The monoisotopic (exact) mass is 1520 g/mol. The number of aliphatic hydroxyl groups excluding tert-OH is 11. The zero-order chi connectivity index (χ0) is 77.4. The molecule has 0 aromatic rings. The van der Waals surface area contributed by atoms with Crippen LogP contribution < -0.4 is 5.32 Å². The van der Waals surface area contributed by atoms with Crippen molar-refractivity contribution in [3.05, 3.63) is 72.9 Å². The Kier molecular flexibility index (Phi) is 62.3. The van der Waals surface area contributed by atoms with Crippen molar-refractivity contribution < 1.29 is 89.4 Å². The van der Waals surface area contributed by atoms with Crippen LogP contribution in [0, 0.1) is 0 Å². The van der Waals surface area contributed by atoms with Crippen LogP contribution in [-0.2, 0) is 33.2 Å². The molecule has 0 aromatic carbocycles. The second kappa shape index (κ2) is 67.7. The number of carbonyl (C=O) groups is 1. The van der Waals surface area contributed by atoms with Crippen molar-refractivity contribution in [2.24, 2.45) is 0 Å². The smallest absolute Gasteiger partial charge is 0.220 e. The van der Waals surface area contributed by atoms with Gasteiger partial charge in [-0.15, -0.1) is 0 Å². The van der Waals surface area contributed by atoms with E-state index in [0.29, 0.717) is 12.8 Å². The summed E-state index contributed by atoms with van der Waals surface area (Å²) < 4.78 is 34.6. The molecule has 3 heterocycles. The van der Waals surface area contributed by atoms with Crippen LogP contribution in [0.25, 0.3) is 0 Å². The molecule has 3 fully saturated rings. The molecule has 624 valence electrons. The van der Waals surface area contributed by atoms with Crippen LogP contribution in [-0.4, -0.2) is 193 Å². The number of hydrogen-bond donors (Lipinski definition) is 12. The van der Waals surface area contributed by atoms with Crippen LogP contribution in [0.2, 0.25) is 0 Å². The third kappa shape index (κ3) is 46.9. The molecule has 0 aromatic heterocycles. The molecule has 12 N–H and O–H groups in total. The summed E-state index contributed by atoms with van der Waals surface area (Å²) in [6.45, 7) is 1.73. The maximum absolute atomic E-state index is 13.5. The molecule has 3 aliphatic heterocycles. The number of amides is 1. The molecule has 3 aliphatic rings. The molecule has 17 atom stereocenters. The number of rotatable bonds is 70. The molecule has 0 bridgehead atoms. The van der Waals surface area contributed by atoms with Gasteiger partial charge in [0.15, 0.2) is 18.9 Å². The average molecular weight is 1520 g/mol. The van der Waals surface area contributed by atoms with Gasteiger partial charge in [0, 0.05) is 6.42 Å². The lowest BCUT2D eigenvalue weighted by molar-refractivity contribution is -0.379. The Morgan fingerprint density at radius 1 is 0.346 bits per heavy atom. The van der Waals surface area contributed by atoms with Crippen LogP contribution in [0.5, 0.6) is 0 Å². The summed E-state index contributed by atoms with van der Waals surface area (Å²) >= 11 is 0. The molecule has 0 saturated carbocycles. The maximum Gasteiger partial charge on any atom is 0.220 e. The Bertz CT molecular complexity index is 2210. The first-order valence-electron chi connectivity index (χ1n) is 43.7. The van der Waals surface area contributed by atoms with Crippen molar-refractivity contribution in [1.29, 1.82) is 0 Å². The van der Waals surface area contributed by atoms with Gasteiger partial charge in [0.2, 0.25) is 5.91 Å². The summed E-state index contributed by atoms with van der Waals surface area (Å²) in [4.78, 5) is 13.5. The first kappa shape index (κ1) is 98.4. The Hall–Kier alpha value is -2.77. The summed E-state index contributed by atoms with van der Waals surface area (Å²) in [5.41, 5.74) is 0. The fourth-order valence-electron chi connectivity index (χ4n) is 14.6. The molecule has 19 nitrogen and oxygen atoms in total. The largest absolute Gasteiger partial charge is 0.394 e. The van der Waals surface area contributed by atoms with Gasteiger partial charge in [0.1, 0.15) is 73.2 Å². The molecule has 0 spiro atoms. The van der Waals surface area contributed by atoms with Gasteiger partial charge >= 0.3 is 0 Å². The third-order valence-corrected chi connectivity index (χ3v) is 21.5. The minimum absolute atomic E-state index is 0.245. The summed E-state index contributed by atoms with van der Waals surface area (Å²) in [7, 11) is 0. The van der Waals surface area contributed by atoms with Crippen molar-refractivity contribution >= 4 is 5.91 Å². The van der Waals surface area contributed by atoms with Gasteiger partial charge in [-0.2, -0.15) is 0 Å². The van der Waals surface area contributed by atoms with Crippen LogP contribution in [0.1, 0.15) is 348 Å². The highest BCUT2D eigenvalue weighted by Gasteiger charge is 2.54. The van der Waals surface area contributed by atoms with Crippen molar-refractivity contribution in [2.75, 3.05) is 26.4 Å². The van der Waals surface area contributed by atoms with Gasteiger partial charge in [-0.05, 0) is 64.2 Å². The van der Waals surface area contributed by atoms with Crippen molar-refractivity contribution in [3.8, 4) is 0 Å². The molecular formula is C88H159NO18. The molecule has 19 heteroatoms. The molecule has 3 rings (SSSR count). The lowest BCUT2D eigenvalue weighted by Gasteiger charge is -2.48.